The van der Waals surface area contributed by atoms with E-state index in [-0.39, 0.29) is 5.41 Å². The van der Waals surface area contributed by atoms with Crippen LogP contribution in [0.25, 0.3) is 0 Å². The van der Waals surface area contributed by atoms with Crippen LogP contribution in [0.3, 0.4) is 0 Å². The fraction of sp³-hybridized carbons (Fsp3) is 0.692. The summed E-state index contributed by atoms with van der Waals surface area (Å²) in [6, 6.07) is 0.405. The Balaban J connectivity index is 2.06. The maximum Gasteiger partial charge on any atom is 0.161 e. The number of amidine groups is 1. The fourth-order valence-electron chi connectivity index (χ4n) is 1.93. The first kappa shape index (κ1) is 13.5. The third-order valence-electron chi connectivity index (χ3n) is 3.11. The Morgan fingerprint density at radius 3 is 2.89 bits per heavy atom. The lowest BCUT2D eigenvalue weighted by Crippen LogP contribution is -2.30. The van der Waals surface area contributed by atoms with Gasteiger partial charge in [-0.2, -0.15) is 5.10 Å². The number of nitrogens with zero attached hydrogens (tertiary/aromatic N) is 3. The molecule has 0 aliphatic carbocycles. The van der Waals surface area contributed by atoms with Gasteiger partial charge in [0.15, 0.2) is 5.17 Å². The predicted molar refractivity (Wildman–Crippen MR) is 79.3 cm³/mol. The van der Waals surface area contributed by atoms with E-state index < -0.39 is 0 Å². The van der Waals surface area contributed by atoms with Gasteiger partial charge in [0, 0.05) is 18.5 Å². The SMILES string of the molecule is CCn1cc(NC2=NC(C(C)(C)C)CCS2)cn1. The minimum absolute atomic E-state index is 0.238. The van der Waals surface area contributed by atoms with Gasteiger partial charge in [-0.3, -0.25) is 9.67 Å². The van der Waals surface area contributed by atoms with E-state index in [0.717, 1.165) is 29.6 Å². The molecule has 0 saturated carbocycles. The number of anilines is 1. The average Bonchev–Trinajstić information content (AvgIpc) is 2.76. The largest absolute Gasteiger partial charge is 0.332 e. The van der Waals surface area contributed by atoms with Gasteiger partial charge in [-0.05, 0) is 18.8 Å². The number of hydrogen-bond donors (Lipinski definition) is 1. The first-order chi connectivity index (χ1) is 8.49. The zero-order valence-electron chi connectivity index (χ0n) is 11.6. The normalized spacial score (nSPS) is 20.7. The molecule has 5 heteroatoms. The summed E-state index contributed by atoms with van der Waals surface area (Å²) in [5.41, 5.74) is 1.26. The molecule has 1 aromatic heterocycles. The lowest BCUT2D eigenvalue weighted by Gasteiger charge is -2.30. The van der Waals surface area contributed by atoms with Gasteiger partial charge in [0.2, 0.25) is 0 Å². The quantitative estimate of drug-likeness (QED) is 0.893. The van der Waals surface area contributed by atoms with Crippen LogP contribution in [-0.2, 0) is 6.54 Å². The van der Waals surface area contributed by atoms with Crippen LogP contribution in [0.1, 0.15) is 34.1 Å². The minimum atomic E-state index is 0.238. The summed E-state index contributed by atoms with van der Waals surface area (Å²) in [7, 11) is 0. The third kappa shape index (κ3) is 3.28. The highest BCUT2D eigenvalue weighted by atomic mass is 32.2. The Bertz CT molecular complexity index is 430. The molecule has 0 amide bonds. The van der Waals surface area contributed by atoms with E-state index in [9.17, 15) is 0 Å². The van der Waals surface area contributed by atoms with Crippen LogP contribution in [0, 0.1) is 5.41 Å². The van der Waals surface area contributed by atoms with Gasteiger partial charge in [-0.1, -0.05) is 32.5 Å². The van der Waals surface area contributed by atoms with Crippen LogP contribution in [-0.4, -0.2) is 26.7 Å². The Kier molecular flexibility index (Phi) is 4.00. The Hall–Kier alpha value is -0.970. The molecule has 2 rings (SSSR count). The van der Waals surface area contributed by atoms with Crippen molar-refractivity contribution in [2.45, 2.75) is 46.7 Å². The molecular weight excluding hydrogens is 244 g/mol. The Labute approximate surface area is 113 Å². The topological polar surface area (TPSA) is 42.2 Å². The summed E-state index contributed by atoms with van der Waals surface area (Å²) in [6.45, 7) is 9.74. The number of hydrogen-bond acceptors (Lipinski definition) is 4. The van der Waals surface area contributed by atoms with Gasteiger partial charge in [0.25, 0.3) is 0 Å². The number of thioether (sulfide) groups is 1. The van der Waals surface area contributed by atoms with E-state index in [0.29, 0.717) is 6.04 Å². The van der Waals surface area contributed by atoms with E-state index in [1.165, 1.54) is 0 Å². The molecule has 1 aromatic rings. The first-order valence-electron chi connectivity index (χ1n) is 6.49. The molecule has 0 aromatic carbocycles. The smallest absolute Gasteiger partial charge is 0.161 e. The average molecular weight is 266 g/mol. The van der Waals surface area contributed by atoms with Crippen molar-refractivity contribution in [3.05, 3.63) is 12.4 Å². The molecule has 4 nitrogen and oxygen atoms in total. The van der Waals surface area contributed by atoms with Crippen molar-refractivity contribution in [2.75, 3.05) is 11.1 Å². The molecule has 18 heavy (non-hydrogen) atoms. The summed E-state index contributed by atoms with van der Waals surface area (Å²) in [6.07, 6.45) is 5.03. The Morgan fingerprint density at radius 1 is 1.50 bits per heavy atom. The van der Waals surface area contributed by atoms with E-state index in [1.807, 2.05) is 17.1 Å². The molecule has 1 aliphatic heterocycles. The Morgan fingerprint density at radius 2 is 2.28 bits per heavy atom. The van der Waals surface area contributed by atoms with Crippen LogP contribution in [0.4, 0.5) is 5.69 Å². The van der Waals surface area contributed by atoms with Crippen LogP contribution in [0.2, 0.25) is 0 Å². The molecule has 1 unspecified atom stereocenters. The van der Waals surface area contributed by atoms with Crippen molar-refractivity contribution < 1.29 is 0 Å². The van der Waals surface area contributed by atoms with Crippen molar-refractivity contribution in [1.29, 1.82) is 0 Å². The molecule has 0 fully saturated rings. The van der Waals surface area contributed by atoms with Crippen LogP contribution in [0.15, 0.2) is 17.4 Å². The van der Waals surface area contributed by atoms with Crippen molar-refractivity contribution >= 4 is 22.6 Å². The highest BCUT2D eigenvalue weighted by molar-refractivity contribution is 8.14. The van der Waals surface area contributed by atoms with Gasteiger partial charge in [-0.25, -0.2) is 0 Å². The predicted octanol–water partition coefficient (Wildman–Crippen LogP) is 3.22. The summed E-state index contributed by atoms with van der Waals surface area (Å²) in [5.74, 6) is 1.13. The van der Waals surface area contributed by atoms with Crippen molar-refractivity contribution in [1.82, 2.24) is 9.78 Å². The maximum absolute atomic E-state index is 4.81. The highest BCUT2D eigenvalue weighted by Gasteiger charge is 2.27. The number of aromatic nitrogens is 2. The number of nitrogens with one attached hydrogen (secondary N) is 1. The minimum Gasteiger partial charge on any atom is -0.332 e. The molecule has 1 aliphatic rings. The summed E-state index contributed by atoms with van der Waals surface area (Å²) in [5, 5.41) is 8.65. The lowest BCUT2D eigenvalue weighted by atomic mass is 9.85. The van der Waals surface area contributed by atoms with Crippen LogP contribution >= 0.6 is 11.8 Å². The van der Waals surface area contributed by atoms with Crippen molar-refractivity contribution in [3.63, 3.8) is 0 Å². The van der Waals surface area contributed by atoms with E-state index in [1.54, 1.807) is 11.8 Å². The maximum atomic E-state index is 4.81. The van der Waals surface area contributed by atoms with Crippen LogP contribution < -0.4 is 5.32 Å². The second-order valence-electron chi connectivity index (χ2n) is 5.66. The van der Waals surface area contributed by atoms with E-state index in [2.05, 4.69) is 38.1 Å². The summed E-state index contributed by atoms with van der Waals surface area (Å²) in [4.78, 5) is 4.81. The van der Waals surface area contributed by atoms with Gasteiger partial charge < -0.3 is 5.32 Å². The zero-order chi connectivity index (χ0) is 13.2. The van der Waals surface area contributed by atoms with Crippen LogP contribution in [0.5, 0.6) is 0 Å². The molecular formula is C13H22N4S. The lowest BCUT2D eigenvalue weighted by molar-refractivity contribution is 0.316. The number of rotatable bonds is 2. The highest BCUT2D eigenvalue weighted by Crippen LogP contribution is 2.30. The van der Waals surface area contributed by atoms with Gasteiger partial charge >= 0.3 is 0 Å². The summed E-state index contributed by atoms with van der Waals surface area (Å²) >= 11 is 1.80. The van der Waals surface area contributed by atoms with E-state index in [4.69, 9.17) is 4.99 Å². The number of aliphatic imine (C=N–C) groups is 1. The number of aryl methyl sites for hydroxylation is 1. The van der Waals surface area contributed by atoms with Crippen molar-refractivity contribution in [2.24, 2.45) is 10.4 Å². The monoisotopic (exact) mass is 266 g/mol. The molecule has 1 N–H and O–H groups in total. The second-order valence-corrected chi connectivity index (χ2v) is 6.75. The standard InChI is InChI=1S/C13H22N4S/c1-5-17-9-10(8-14-17)15-12-16-11(6-7-18-12)13(2,3)4/h8-9,11H,5-7H2,1-4H3,(H,15,16). The van der Waals surface area contributed by atoms with Gasteiger partial charge in [0.1, 0.15) is 0 Å². The molecule has 0 radical (unpaired) electrons. The summed E-state index contributed by atoms with van der Waals surface area (Å²) < 4.78 is 1.91. The third-order valence-corrected chi connectivity index (χ3v) is 4.03. The first-order valence-corrected chi connectivity index (χ1v) is 7.47. The molecule has 100 valence electrons. The van der Waals surface area contributed by atoms with Crippen molar-refractivity contribution in [3.8, 4) is 0 Å². The molecule has 0 spiro atoms. The molecule has 2 heterocycles. The molecule has 1 atom stereocenters. The van der Waals surface area contributed by atoms with Gasteiger partial charge in [0.05, 0.1) is 17.9 Å². The second kappa shape index (κ2) is 5.34. The zero-order valence-corrected chi connectivity index (χ0v) is 12.4. The fourth-order valence-corrected chi connectivity index (χ4v) is 2.86. The van der Waals surface area contributed by atoms with E-state index >= 15 is 0 Å². The molecule has 0 saturated heterocycles. The molecule has 0 bridgehead atoms. The van der Waals surface area contributed by atoms with Gasteiger partial charge in [-0.15, -0.1) is 0 Å².